The van der Waals surface area contributed by atoms with Crippen LogP contribution in [0.1, 0.15) is 25.8 Å². The van der Waals surface area contributed by atoms with Crippen LogP contribution in [0.2, 0.25) is 0 Å². The Morgan fingerprint density at radius 3 is 2.69 bits per heavy atom. The van der Waals surface area contributed by atoms with Gasteiger partial charge in [0.2, 0.25) is 0 Å². The number of aliphatic hydroxyl groups is 1. The Kier molecular flexibility index (Phi) is 3.48. The van der Waals surface area contributed by atoms with Crippen molar-refractivity contribution in [2.45, 2.75) is 32.8 Å². The van der Waals surface area contributed by atoms with E-state index in [1.807, 2.05) is 26.4 Å². The molecule has 0 radical (unpaired) electrons. The number of aryl methyl sites for hydroxylation is 1. The Morgan fingerprint density at radius 1 is 1.62 bits per heavy atom. The standard InChI is InChI=1S/C10H18N2O/c1-4-10(8(2)13)5-9-6-11-12(3)7-9/h6-8,10,13H,4-5H2,1-3H3. The summed E-state index contributed by atoms with van der Waals surface area (Å²) in [6.45, 7) is 3.96. The Labute approximate surface area is 79.4 Å². The molecule has 0 aliphatic carbocycles. The average molecular weight is 182 g/mol. The van der Waals surface area contributed by atoms with Gasteiger partial charge in [0.05, 0.1) is 12.3 Å². The topological polar surface area (TPSA) is 38.0 Å². The molecule has 3 heteroatoms. The van der Waals surface area contributed by atoms with Gasteiger partial charge in [0.25, 0.3) is 0 Å². The van der Waals surface area contributed by atoms with Gasteiger partial charge in [-0.1, -0.05) is 13.3 Å². The Bertz CT molecular complexity index is 255. The first-order valence-electron chi connectivity index (χ1n) is 4.79. The van der Waals surface area contributed by atoms with Gasteiger partial charge in [-0.25, -0.2) is 0 Å². The molecule has 0 amide bonds. The Balaban J connectivity index is 2.56. The van der Waals surface area contributed by atoms with Crippen molar-refractivity contribution in [3.63, 3.8) is 0 Å². The lowest BCUT2D eigenvalue weighted by molar-refractivity contribution is 0.123. The first kappa shape index (κ1) is 10.3. The summed E-state index contributed by atoms with van der Waals surface area (Å²) in [5.74, 6) is 0.351. The van der Waals surface area contributed by atoms with Crippen molar-refractivity contribution < 1.29 is 5.11 Å². The molecule has 0 aliphatic rings. The van der Waals surface area contributed by atoms with Crippen LogP contribution in [0.3, 0.4) is 0 Å². The number of aromatic nitrogens is 2. The highest BCUT2D eigenvalue weighted by atomic mass is 16.3. The molecule has 1 rings (SSSR count). The van der Waals surface area contributed by atoms with Gasteiger partial charge in [-0.2, -0.15) is 5.10 Å². The van der Waals surface area contributed by atoms with Crippen LogP contribution in [0.5, 0.6) is 0 Å². The Morgan fingerprint density at radius 2 is 2.31 bits per heavy atom. The zero-order chi connectivity index (χ0) is 9.84. The molecule has 0 spiro atoms. The van der Waals surface area contributed by atoms with Crippen LogP contribution >= 0.6 is 0 Å². The molecule has 0 fully saturated rings. The van der Waals surface area contributed by atoms with Gasteiger partial charge in [0.1, 0.15) is 0 Å². The molecule has 3 nitrogen and oxygen atoms in total. The molecule has 0 aromatic carbocycles. The second-order valence-electron chi connectivity index (χ2n) is 3.64. The van der Waals surface area contributed by atoms with Crippen LogP contribution in [0.4, 0.5) is 0 Å². The van der Waals surface area contributed by atoms with Crippen molar-refractivity contribution >= 4 is 0 Å². The van der Waals surface area contributed by atoms with Gasteiger partial charge in [0.15, 0.2) is 0 Å². The van der Waals surface area contributed by atoms with E-state index in [2.05, 4.69) is 12.0 Å². The lowest BCUT2D eigenvalue weighted by Gasteiger charge is -2.16. The molecule has 0 saturated carbocycles. The summed E-state index contributed by atoms with van der Waals surface area (Å²) >= 11 is 0. The lowest BCUT2D eigenvalue weighted by Crippen LogP contribution is -2.18. The molecule has 1 aromatic heterocycles. The van der Waals surface area contributed by atoms with Gasteiger partial charge in [-0.15, -0.1) is 0 Å². The third-order valence-corrected chi connectivity index (χ3v) is 2.46. The number of nitrogens with zero attached hydrogens (tertiary/aromatic N) is 2. The van der Waals surface area contributed by atoms with Crippen LogP contribution in [-0.2, 0) is 13.5 Å². The predicted molar refractivity (Wildman–Crippen MR) is 52.4 cm³/mol. The number of aliphatic hydroxyl groups excluding tert-OH is 1. The zero-order valence-corrected chi connectivity index (χ0v) is 8.57. The monoisotopic (exact) mass is 182 g/mol. The smallest absolute Gasteiger partial charge is 0.0543 e. The van der Waals surface area contributed by atoms with Gasteiger partial charge >= 0.3 is 0 Å². The fourth-order valence-corrected chi connectivity index (χ4v) is 1.54. The van der Waals surface area contributed by atoms with E-state index in [0.717, 1.165) is 12.8 Å². The fourth-order valence-electron chi connectivity index (χ4n) is 1.54. The van der Waals surface area contributed by atoms with Crippen molar-refractivity contribution in [2.24, 2.45) is 13.0 Å². The first-order valence-corrected chi connectivity index (χ1v) is 4.79. The van der Waals surface area contributed by atoms with Crippen LogP contribution in [-0.4, -0.2) is 21.0 Å². The fraction of sp³-hybridized carbons (Fsp3) is 0.700. The van der Waals surface area contributed by atoms with Gasteiger partial charge in [-0.3, -0.25) is 4.68 Å². The van der Waals surface area contributed by atoms with Crippen molar-refractivity contribution in [3.05, 3.63) is 18.0 Å². The Hall–Kier alpha value is -0.830. The summed E-state index contributed by atoms with van der Waals surface area (Å²) < 4.78 is 1.80. The highest BCUT2D eigenvalue weighted by Gasteiger charge is 2.13. The number of hydrogen-bond donors (Lipinski definition) is 1. The first-order chi connectivity index (χ1) is 6.13. The summed E-state index contributed by atoms with van der Waals surface area (Å²) in [6.07, 6.45) is 5.56. The maximum absolute atomic E-state index is 9.45. The summed E-state index contributed by atoms with van der Waals surface area (Å²) in [5.41, 5.74) is 1.20. The van der Waals surface area contributed by atoms with E-state index in [4.69, 9.17) is 0 Å². The molecule has 0 saturated heterocycles. The maximum Gasteiger partial charge on any atom is 0.0543 e. The molecular formula is C10H18N2O. The SMILES string of the molecule is CCC(Cc1cnn(C)c1)C(C)O. The van der Waals surface area contributed by atoms with Gasteiger partial charge < -0.3 is 5.11 Å². The summed E-state index contributed by atoms with van der Waals surface area (Å²) in [7, 11) is 1.91. The van der Waals surface area contributed by atoms with E-state index < -0.39 is 0 Å². The van der Waals surface area contributed by atoms with Crippen LogP contribution < -0.4 is 0 Å². The average Bonchev–Trinajstić information content (AvgIpc) is 2.46. The van der Waals surface area contributed by atoms with Crippen molar-refractivity contribution in [1.82, 2.24) is 9.78 Å². The minimum absolute atomic E-state index is 0.231. The molecule has 2 unspecified atom stereocenters. The van der Waals surface area contributed by atoms with Crippen LogP contribution in [0, 0.1) is 5.92 Å². The highest BCUT2D eigenvalue weighted by Crippen LogP contribution is 2.15. The van der Waals surface area contributed by atoms with Crippen molar-refractivity contribution in [1.29, 1.82) is 0 Å². The van der Waals surface area contributed by atoms with E-state index in [-0.39, 0.29) is 6.10 Å². The molecule has 13 heavy (non-hydrogen) atoms. The summed E-state index contributed by atoms with van der Waals surface area (Å²) in [4.78, 5) is 0. The van der Waals surface area contributed by atoms with E-state index in [1.165, 1.54) is 5.56 Å². The molecular weight excluding hydrogens is 164 g/mol. The highest BCUT2D eigenvalue weighted by molar-refractivity contribution is 5.05. The molecule has 1 heterocycles. The predicted octanol–water partition coefficient (Wildman–Crippen LogP) is 1.37. The molecule has 0 bridgehead atoms. The second-order valence-corrected chi connectivity index (χ2v) is 3.64. The summed E-state index contributed by atoms with van der Waals surface area (Å²) in [6, 6.07) is 0. The second kappa shape index (κ2) is 4.42. The minimum atomic E-state index is -0.231. The third-order valence-electron chi connectivity index (χ3n) is 2.46. The largest absolute Gasteiger partial charge is 0.393 e. The number of rotatable bonds is 4. The third kappa shape index (κ3) is 2.84. The van der Waals surface area contributed by atoms with Crippen molar-refractivity contribution in [2.75, 3.05) is 0 Å². The molecule has 0 aliphatic heterocycles. The maximum atomic E-state index is 9.45. The van der Waals surface area contributed by atoms with Crippen molar-refractivity contribution in [3.8, 4) is 0 Å². The van der Waals surface area contributed by atoms with Crippen LogP contribution in [0.25, 0.3) is 0 Å². The minimum Gasteiger partial charge on any atom is -0.393 e. The molecule has 74 valence electrons. The van der Waals surface area contributed by atoms with E-state index in [1.54, 1.807) is 4.68 Å². The van der Waals surface area contributed by atoms with E-state index >= 15 is 0 Å². The van der Waals surface area contributed by atoms with Gasteiger partial charge in [-0.05, 0) is 24.8 Å². The van der Waals surface area contributed by atoms with E-state index in [9.17, 15) is 5.11 Å². The summed E-state index contributed by atoms with van der Waals surface area (Å²) in [5, 5.41) is 13.6. The van der Waals surface area contributed by atoms with Gasteiger partial charge in [0, 0.05) is 13.2 Å². The molecule has 1 aromatic rings. The molecule has 1 N–H and O–H groups in total. The van der Waals surface area contributed by atoms with E-state index in [0.29, 0.717) is 5.92 Å². The normalized spacial score (nSPS) is 15.7. The molecule has 2 atom stereocenters. The number of hydrogen-bond acceptors (Lipinski definition) is 2. The van der Waals surface area contributed by atoms with Crippen LogP contribution in [0.15, 0.2) is 12.4 Å². The zero-order valence-electron chi connectivity index (χ0n) is 8.57. The quantitative estimate of drug-likeness (QED) is 0.763. The lowest BCUT2D eigenvalue weighted by atomic mass is 9.94.